The zero-order chi connectivity index (χ0) is 21.8. The van der Waals surface area contributed by atoms with Gasteiger partial charge in [-0.2, -0.15) is 0 Å². The number of likely N-dealkylation sites (N-methyl/N-ethyl adjacent to an activating group) is 1. The van der Waals surface area contributed by atoms with Crippen molar-refractivity contribution in [2.45, 2.75) is 56.9 Å². The normalized spacial score (nSPS) is 31.7. The highest BCUT2D eigenvalue weighted by Crippen LogP contribution is 2.50. The van der Waals surface area contributed by atoms with E-state index in [-0.39, 0.29) is 23.7 Å². The van der Waals surface area contributed by atoms with Crippen LogP contribution in [0.15, 0.2) is 18.2 Å². The van der Waals surface area contributed by atoms with Crippen molar-refractivity contribution in [3.8, 4) is 0 Å². The van der Waals surface area contributed by atoms with Gasteiger partial charge in [0.25, 0.3) is 0 Å². The van der Waals surface area contributed by atoms with E-state index in [1.807, 2.05) is 0 Å². The second kappa shape index (κ2) is 8.05. The standard InChI is InChI=1S/C26H36N4O2/c1-27-15-16-29-22-11-14-28(17-21(22)18-9-6-10-23(27)24(18)29)12-4-5-13-30-25(31)19-7-2-3-8-20(19)26(30)32/h6,9-10,19-22H,2-5,7-8,11-17H2,1H3/t19-,20+,21-,22-/m0/s1. The third-order valence-electron chi connectivity index (χ3n) is 8.92. The molecule has 1 aromatic rings. The van der Waals surface area contributed by atoms with Crippen molar-refractivity contribution in [2.75, 3.05) is 56.1 Å². The number of para-hydroxylation sites is 1. The Morgan fingerprint density at radius 1 is 0.875 bits per heavy atom. The van der Waals surface area contributed by atoms with E-state index in [0.29, 0.717) is 18.5 Å². The second-order valence-corrected chi connectivity index (χ2v) is 10.6. The number of benzene rings is 1. The number of likely N-dealkylation sites (tertiary alicyclic amines) is 2. The fourth-order valence-corrected chi connectivity index (χ4v) is 7.24. The van der Waals surface area contributed by atoms with Gasteiger partial charge >= 0.3 is 0 Å². The summed E-state index contributed by atoms with van der Waals surface area (Å²) in [5, 5.41) is 0. The molecule has 0 spiro atoms. The Morgan fingerprint density at radius 2 is 1.62 bits per heavy atom. The maximum Gasteiger partial charge on any atom is 0.233 e. The summed E-state index contributed by atoms with van der Waals surface area (Å²) < 4.78 is 0. The van der Waals surface area contributed by atoms with Gasteiger partial charge in [0.15, 0.2) is 0 Å². The fourth-order valence-electron chi connectivity index (χ4n) is 7.24. The molecular weight excluding hydrogens is 400 g/mol. The first-order chi connectivity index (χ1) is 15.6. The first-order valence-corrected chi connectivity index (χ1v) is 12.8. The van der Waals surface area contributed by atoms with Crippen LogP contribution in [0, 0.1) is 11.8 Å². The topological polar surface area (TPSA) is 47.1 Å². The number of hydrogen-bond donors (Lipinski definition) is 0. The van der Waals surface area contributed by atoms with Crippen LogP contribution < -0.4 is 9.80 Å². The molecule has 2 saturated heterocycles. The summed E-state index contributed by atoms with van der Waals surface area (Å²) in [5.41, 5.74) is 4.43. The van der Waals surface area contributed by atoms with Crippen molar-refractivity contribution in [3.63, 3.8) is 0 Å². The van der Waals surface area contributed by atoms with E-state index in [9.17, 15) is 9.59 Å². The molecule has 4 atom stereocenters. The van der Waals surface area contributed by atoms with Crippen molar-refractivity contribution in [1.29, 1.82) is 0 Å². The quantitative estimate of drug-likeness (QED) is 0.524. The third-order valence-corrected chi connectivity index (χ3v) is 8.92. The molecule has 6 heteroatoms. The molecule has 2 amide bonds. The van der Waals surface area contributed by atoms with Crippen LogP contribution >= 0.6 is 0 Å². The van der Waals surface area contributed by atoms with Gasteiger partial charge in [-0.1, -0.05) is 25.0 Å². The molecule has 1 aliphatic carbocycles. The summed E-state index contributed by atoms with van der Waals surface area (Å²) >= 11 is 0. The van der Waals surface area contributed by atoms with Crippen molar-refractivity contribution in [3.05, 3.63) is 23.8 Å². The van der Waals surface area contributed by atoms with Crippen molar-refractivity contribution < 1.29 is 9.59 Å². The van der Waals surface area contributed by atoms with Gasteiger partial charge in [0, 0.05) is 51.7 Å². The lowest BCUT2D eigenvalue weighted by atomic mass is 9.81. The van der Waals surface area contributed by atoms with Crippen LogP contribution in [0.25, 0.3) is 0 Å². The van der Waals surface area contributed by atoms with E-state index in [4.69, 9.17) is 0 Å². The van der Waals surface area contributed by atoms with Crippen LogP contribution in [-0.4, -0.2) is 74.0 Å². The zero-order valence-corrected chi connectivity index (χ0v) is 19.3. The van der Waals surface area contributed by atoms with E-state index in [1.165, 1.54) is 17.8 Å². The Hall–Kier alpha value is -2.08. The number of hydrogen-bond acceptors (Lipinski definition) is 5. The van der Waals surface area contributed by atoms with Gasteiger partial charge in [0.2, 0.25) is 11.8 Å². The van der Waals surface area contributed by atoms with E-state index in [1.54, 1.807) is 10.5 Å². The second-order valence-electron chi connectivity index (χ2n) is 10.6. The molecule has 0 radical (unpaired) electrons. The van der Waals surface area contributed by atoms with Crippen LogP contribution in [0.5, 0.6) is 0 Å². The lowest BCUT2D eigenvalue weighted by Crippen LogP contribution is -2.49. The number of anilines is 2. The lowest BCUT2D eigenvalue weighted by Gasteiger charge is -2.41. The van der Waals surface area contributed by atoms with E-state index in [0.717, 1.165) is 71.2 Å². The molecule has 5 aliphatic rings. The van der Waals surface area contributed by atoms with Crippen molar-refractivity contribution >= 4 is 23.2 Å². The smallest absolute Gasteiger partial charge is 0.233 e. The Kier molecular flexibility index (Phi) is 5.16. The van der Waals surface area contributed by atoms with E-state index in [2.05, 4.69) is 39.9 Å². The van der Waals surface area contributed by atoms with Crippen LogP contribution in [0.3, 0.4) is 0 Å². The average Bonchev–Trinajstić information content (AvgIpc) is 3.27. The van der Waals surface area contributed by atoms with Crippen LogP contribution in [0.1, 0.15) is 56.4 Å². The fraction of sp³-hybridized carbons (Fsp3) is 0.692. The number of piperidine rings is 1. The van der Waals surface area contributed by atoms with E-state index < -0.39 is 0 Å². The van der Waals surface area contributed by atoms with Gasteiger partial charge in [0.1, 0.15) is 0 Å². The molecule has 0 unspecified atom stereocenters. The molecule has 172 valence electrons. The summed E-state index contributed by atoms with van der Waals surface area (Å²) in [6, 6.07) is 7.51. The predicted molar refractivity (Wildman–Crippen MR) is 126 cm³/mol. The number of nitrogens with zero attached hydrogens (tertiary/aromatic N) is 4. The van der Waals surface area contributed by atoms with Gasteiger partial charge in [0.05, 0.1) is 23.2 Å². The van der Waals surface area contributed by atoms with Crippen LogP contribution in [0.2, 0.25) is 0 Å². The minimum Gasteiger partial charge on any atom is -0.371 e. The summed E-state index contributed by atoms with van der Waals surface area (Å²) in [5.74, 6) is 0.832. The van der Waals surface area contributed by atoms with Crippen LogP contribution in [0.4, 0.5) is 11.4 Å². The molecule has 0 N–H and O–H groups in total. The van der Waals surface area contributed by atoms with Crippen molar-refractivity contribution in [1.82, 2.24) is 9.80 Å². The Labute approximate surface area is 191 Å². The maximum atomic E-state index is 12.7. The Bertz CT molecular complexity index is 893. The predicted octanol–water partition coefficient (Wildman–Crippen LogP) is 3.07. The number of carbonyl (C=O) groups excluding carboxylic acids is 2. The maximum absolute atomic E-state index is 12.7. The highest BCUT2D eigenvalue weighted by molar-refractivity contribution is 6.05. The van der Waals surface area contributed by atoms with Gasteiger partial charge in [-0.3, -0.25) is 14.5 Å². The molecule has 4 aliphatic heterocycles. The minimum absolute atomic E-state index is 0.00719. The first kappa shape index (κ1) is 20.5. The highest BCUT2D eigenvalue weighted by Gasteiger charge is 2.48. The SMILES string of the molecule is CN1CCN2c3c(cccc31)[C@@H]1CN(CCCCN3C(=O)[C@H]4CCCC[C@H]4C3=O)CC[C@@H]12. The molecule has 1 saturated carbocycles. The molecule has 6 rings (SSSR count). The number of fused-ring (bicyclic) bond motifs is 4. The number of amides is 2. The number of imide groups is 1. The number of rotatable bonds is 5. The summed E-state index contributed by atoms with van der Waals surface area (Å²) in [6.45, 7) is 6.23. The molecule has 0 aromatic heterocycles. The minimum atomic E-state index is -0.00719. The average molecular weight is 437 g/mol. The Morgan fingerprint density at radius 3 is 2.41 bits per heavy atom. The van der Waals surface area contributed by atoms with Gasteiger partial charge in [-0.25, -0.2) is 0 Å². The first-order valence-electron chi connectivity index (χ1n) is 12.8. The summed E-state index contributed by atoms with van der Waals surface area (Å²) in [7, 11) is 2.21. The summed E-state index contributed by atoms with van der Waals surface area (Å²) in [4.78, 5) is 34.7. The molecule has 6 nitrogen and oxygen atoms in total. The largest absolute Gasteiger partial charge is 0.371 e. The van der Waals surface area contributed by atoms with Gasteiger partial charge in [-0.15, -0.1) is 0 Å². The number of carbonyl (C=O) groups is 2. The Balaban J connectivity index is 1.04. The van der Waals surface area contributed by atoms with Gasteiger partial charge < -0.3 is 14.7 Å². The molecule has 3 fully saturated rings. The van der Waals surface area contributed by atoms with Gasteiger partial charge in [-0.05, 0) is 50.3 Å². The van der Waals surface area contributed by atoms with Crippen molar-refractivity contribution in [2.24, 2.45) is 11.8 Å². The molecular formula is C26H36N4O2. The molecule has 1 aromatic carbocycles. The number of unbranched alkanes of at least 4 members (excludes halogenated alkanes) is 1. The lowest BCUT2D eigenvalue weighted by molar-refractivity contribution is -0.140. The molecule has 4 heterocycles. The van der Waals surface area contributed by atoms with E-state index >= 15 is 0 Å². The highest BCUT2D eigenvalue weighted by atomic mass is 16.2. The monoisotopic (exact) mass is 436 g/mol. The third kappa shape index (κ3) is 3.17. The summed E-state index contributed by atoms with van der Waals surface area (Å²) in [6.07, 6.45) is 7.25. The zero-order valence-electron chi connectivity index (χ0n) is 19.3. The molecule has 32 heavy (non-hydrogen) atoms. The molecule has 0 bridgehead atoms. The van der Waals surface area contributed by atoms with Crippen LogP contribution in [-0.2, 0) is 9.59 Å².